The number of pyridine rings is 1. The minimum atomic E-state index is -4.80. The second-order valence-corrected chi connectivity index (χ2v) is 11.2. The van der Waals surface area contributed by atoms with E-state index in [2.05, 4.69) is 21.7 Å². The molecule has 1 spiro atoms. The summed E-state index contributed by atoms with van der Waals surface area (Å²) in [6, 6.07) is 4.88. The van der Waals surface area contributed by atoms with E-state index in [1.54, 1.807) is 4.90 Å². The van der Waals surface area contributed by atoms with Crippen LogP contribution in [0.5, 0.6) is 5.75 Å². The zero-order valence-electron chi connectivity index (χ0n) is 21.6. The smallest absolute Gasteiger partial charge is 0.406 e. The van der Waals surface area contributed by atoms with Crippen LogP contribution in [0, 0.1) is 11.2 Å². The van der Waals surface area contributed by atoms with E-state index in [4.69, 9.17) is 0 Å². The first kappa shape index (κ1) is 26.1. The summed E-state index contributed by atoms with van der Waals surface area (Å²) in [5.74, 6) is -1.16. The Labute approximate surface area is 223 Å². The summed E-state index contributed by atoms with van der Waals surface area (Å²) >= 11 is 0. The summed E-state index contributed by atoms with van der Waals surface area (Å²) in [5, 5.41) is 11.0. The number of ether oxygens (including phenoxy) is 1. The number of carbonyl (C=O) groups excluding carboxylic acids is 1. The number of aromatic nitrogens is 2. The zero-order chi connectivity index (χ0) is 27.5. The minimum Gasteiger partial charge on any atom is -0.406 e. The largest absolute Gasteiger partial charge is 0.573 e. The third kappa shape index (κ3) is 4.65. The fraction of sp³-hybridized carbons (Fsp3) is 0.500. The Hall–Kier alpha value is -3.18. The molecule has 3 aliphatic rings. The van der Waals surface area contributed by atoms with Crippen molar-refractivity contribution in [2.75, 3.05) is 33.2 Å². The fourth-order valence-electron chi connectivity index (χ4n) is 7.03. The van der Waals surface area contributed by atoms with Crippen molar-refractivity contribution in [1.82, 2.24) is 19.4 Å². The Morgan fingerprint density at radius 2 is 1.87 bits per heavy atom. The number of benzene rings is 1. The maximum absolute atomic E-state index is 15.5. The van der Waals surface area contributed by atoms with Crippen LogP contribution in [0.2, 0.25) is 0 Å². The summed E-state index contributed by atoms with van der Waals surface area (Å²) in [6.07, 6.45) is 0.217. The molecule has 1 aliphatic carbocycles. The van der Waals surface area contributed by atoms with E-state index in [9.17, 15) is 23.1 Å². The van der Waals surface area contributed by atoms with Gasteiger partial charge in [-0.05, 0) is 74.9 Å². The number of hydrogen-bond acceptors (Lipinski definition) is 5. The quantitative estimate of drug-likeness (QED) is 0.490. The van der Waals surface area contributed by atoms with Crippen molar-refractivity contribution < 1.29 is 32.2 Å². The molecule has 4 heterocycles. The molecule has 2 aliphatic heterocycles. The van der Waals surface area contributed by atoms with E-state index in [0.29, 0.717) is 37.1 Å². The molecule has 0 saturated carbocycles. The van der Waals surface area contributed by atoms with Crippen LogP contribution in [-0.4, -0.2) is 70.0 Å². The molecule has 208 valence electrons. The Bertz CT molecular complexity index is 1410. The SMILES string of the molecule is CN1CC2(CCc3c(c4c(C5CCN(C(=O)c6ccc(OC(F)(F)F)cc6)CC5)c(F)cnc4n3CO)C2)C1. The Morgan fingerprint density at radius 1 is 1.18 bits per heavy atom. The average molecular weight is 547 g/mol. The number of fused-ring (bicyclic) bond motifs is 3. The van der Waals surface area contributed by atoms with Crippen LogP contribution in [0.15, 0.2) is 30.5 Å². The van der Waals surface area contributed by atoms with Gasteiger partial charge in [0.2, 0.25) is 0 Å². The maximum Gasteiger partial charge on any atom is 0.573 e. The lowest BCUT2D eigenvalue weighted by Crippen LogP contribution is -2.56. The highest BCUT2D eigenvalue weighted by Gasteiger charge is 2.45. The highest BCUT2D eigenvalue weighted by Crippen LogP contribution is 2.47. The first-order valence-electron chi connectivity index (χ1n) is 13.2. The van der Waals surface area contributed by atoms with E-state index in [0.717, 1.165) is 61.1 Å². The molecule has 7 nitrogen and oxygen atoms in total. The van der Waals surface area contributed by atoms with Gasteiger partial charge in [-0.2, -0.15) is 0 Å². The van der Waals surface area contributed by atoms with Crippen LogP contribution in [0.3, 0.4) is 0 Å². The van der Waals surface area contributed by atoms with Gasteiger partial charge in [-0.25, -0.2) is 9.37 Å². The molecule has 2 aromatic heterocycles. The minimum absolute atomic E-state index is 0.123. The predicted octanol–water partition coefficient (Wildman–Crippen LogP) is 4.46. The highest BCUT2D eigenvalue weighted by molar-refractivity contribution is 5.94. The number of hydrogen-bond donors (Lipinski definition) is 1. The van der Waals surface area contributed by atoms with Crippen molar-refractivity contribution in [2.45, 2.75) is 51.1 Å². The molecule has 39 heavy (non-hydrogen) atoms. The number of nitrogens with zero attached hydrogens (tertiary/aromatic N) is 4. The number of piperidine rings is 1. The number of carbonyl (C=O) groups is 1. The van der Waals surface area contributed by atoms with Crippen LogP contribution in [0.25, 0.3) is 11.0 Å². The monoisotopic (exact) mass is 546 g/mol. The number of halogens is 4. The molecule has 6 rings (SSSR count). The van der Waals surface area contributed by atoms with Crippen molar-refractivity contribution in [3.63, 3.8) is 0 Å². The average Bonchev–Trinajstić information content (AvgIpc) is 3.20. The summed E-state index contributed by atoms with van der Waals surface area (Å²) in [7, 11) is 2.10. The van der Waals surface area contributed by atoms with Gasteiger partial charge >= 0.3 is 6.36 Å². The Morgan fingerprint density at radius 3 is 2.49 bits per heavy atom. The van der Waals surface area contributed by atoms with E-state index in [1.807, 2.05) is 4.57 Å². The van der Waals surface area contributed by atoms with Crippen LogP contribution < -0.4 is 4.74 Å². The molecule has 0 radical (unpaired) electrons. The summed E-state index contributed by atoms with van der Waals surface area (Å²) < 4.78 is 58.5. The summed E-state index contributed by atoms with van der Waals surface area (Å²) in [6.45, 7) is 2.58. The molecular weight excluding hydrogens is 516 g/mol. The lowest BCUT2D eigenvalue weighted by molar-refractivity contribution is -0.274. The molecule has 0 atom stereocenters. The molecule has 2 saturated heterocycles. The zero-order valence-corrected chi connectivity index (χ0v) is 21.6. The number of amides is 1. The van der Waals surface area contributed by atoms with Crippen LogP contribution in [-0.2, 0) is 19.6 Å². The summed E-state index contributed by atoms with van der Waals surface area (Å²) in [4.78, 5) is 21.4. The van der Waals surface area contributed by atoms with Crippen molar-refractivity contribution >= 4 is 16.9 Å². The second-order valence-electron chi connectivity index (χ2n) is 11.2. The van der Waals surface area contributed by atoms with Crippen LogP contribution >= 0.6 is 0 Å². The highest BCUT2D eigenvalue weighted by atomic mass is 19.4. The third-order valence-corrected chi connectivity index (χ3v) is 8.60. The fourth-order valence-corrected chi connectivity index (χ4v) is 7.03. The number of rotatable bonds is 4. The normalized spacial score (nSPS) is 19.8. The van der Waals surface area contributed by atoms with Gasteiger partial charge in [0.25, 0.3) is 5.91 Å². The Balaban J connectivity index is 1.24. The molecule has 2 fully saturated rings. The molecule has 3 aromatic rings. The number of aliphatic hydroxyl groups is 1. The maximum atomic E-state index is 15.5. The summed E-state index contributed by atoms with van der Waals surface area (Å²) in [5.41, 5.74) is 3.82. The van der Waals surface area contributed by atoms with Crippen molar-refractivity contribution in [3.8, 4) is 5.75 Å². The molecule has 0 bridgehead atoms. The van der Waals surface area contributed by atoms with Crippen molar-refractivity contribution in [1.29, 1.82) is 0 Å². The van der Waals surface area contributed by atoms with Crippen molar-refractivity contribution in [3.05, 3.63) is 58.7 Å². The number of alkyl halides is 3. The van der Waals surface area contributed by atoms with Gasteiger partial charge in [0.15, 0.2) is 0 Å². The third-order valence-electron chi connectivity index (χ3n) is 8.60. The van der Waals surface area contributed by atoms with Gasteiger partial charge in [0.1, 0.15) is 23.9 Å². The molecule has 11 heteroatoms. The van der Waals surface area contributed by atoms with Gasteiger partial charge in [-0.3, -0.25) is 4.79 Å². The van der Waals surface area contributed by atoms with E-state index in [1.165, 1.54) is 18.3 Å². The number of likely N-dealkylation sites (tertiary alicyclic amines) is 2. The van der Waals surface area contributed by atoms with Crippen molar-refractivity contribution in [2.24, 2.45) is 5.41 Å². The molecule has 0 unspecified atom stereocenters. The van der Waals surface area contributed by atoms with Crippen LogP contribution in [0.1, 0.15) is 52.4 Å². The van der Waals surface area contributed by atoms with E-state index in [-0.39, 0.29) is 41.1 Å². The standard InChI is InChI=1S/C28H30F4N4O3/c1-34-14-27(15-34)9-6-22-20(12-27)24-23(21(29)13-33-25(24)36(22)16-37)17-7-10-35(11-8-17)26(38)18-2-4-19(5-3-18)39-28(30,31)32/h2-5,13,17,37H,6-12,14-16H2,1H3. The van der Waals surface area contributed by atoms with Gasteiger partial charge in [0, 0.05) is 53.8 Å². The lowest BCUT2D eigenvalue weighted by atomic mass is 9.67. The molecule has 1 amide bonds. The van der Waals surface area contributed by atoms with E-state index < -0.39 is 6.36 Å². The van der Waals surface area contributed by atoms with E-state index >= 15 is 4.39 Å². The molecular formula is C28H30F4N4O3. The Kier molecular flexibility index (Phi) is 6.33. The number of aliphatic hydroxyl groups excluding tert-OH is 1. The molecule has 1 aromatic carbocycles. The van der Waals surface area contributed by atoms with Crippen LogP contribution in [0.4, 0.5) is 17.6 Å². The predicted molar refractivity (Wildman–Crippen MR) is 135 cm³/mol. The molecule has 1 N–H and O–H groups in total. The topological polar surface area (TPSA) is 70.8 Å². The second kappa shape index (κ2) is 9.48. The van der Waals surface area contributed by atoms with Gasteiger partial charge in [-0.15, -0.1) is 13.2 Å². The van der Waals surface area contributed by atoms with Gasteiger partial charge in [-0.1, -0.05) is 0 Å². The van der Waals surface area contributed by atoms with Gasteiger partial charge in [0.05, 0.1) is 6.20 Å². The lowest BCUT2D eigenvalue weighted by Gasteiger charge is -2.51. The van der Waals surface area contributed by atoms with Gasteiger partial charge < -0.3 is 24.2 Å². The first-order valence-corrected chi connectivity index (χ1v) is 13.2. The first-order chi connectivity index (χ1) is 18.6.